The molecule has 0 spiro atoms. The van der Waals surface area contributed by atoms with E-state index in [1.807, 2.05) is 25.1 Å². The number of aromatic amines is 1. The van der Waals surface area contributed by atoms with E-state index in [4.69, 9.17) is 11.6 Å². The van der Waals surface area contributed by atoms with Gasteiger partial charge >= 0.3 is 0 Å². The first-order valence-electron chi connectivity index (χ1n) is 11.3. The van der Waals surface area contributed by atoms with Gasteiger partial charge in [0.1, 0.15) is 11.5 Å². The summed E-state index contributed by atoms with van der Waals surface area (Å²) in [5.74, 6) is 0.671. The maximum Gasteiger partial charge on any atom is 0.272 e. The first-order chi connectivity index (χ1) is 17.4. The summed E-state index contributed by atoms with van der Waals surface area (Å²) in [4.78, 5) is 37.1. The van der Waals surface area contributed by atoms with Crippen LogP contribution in [0.5, 0.6) is 0 Å². The van der Waals surface area contributed by atoms with Gasteiger partial charge in [-0.3, -0.25) is 14.7 Å². The van der Waals surface area contributed by atoms with E-state index in [2.05, 4.69) is 30.8 Å². The number of aryl methyl sites for hydroxylation is 1. The summed E-state index contributed by atoms with van der Waals surface area (Å²) in [6.07, 6.45) is 0.995. The van der Waals surface area contributed by atoms with Gasteiger partial charge in [-0.1, -0.05) is 23.7 Å². The Hall–Kier alpha value is -3.89. The van der Waals surface area contributed by atoms with E-state index in [1.165, 1.54) is 11.8 Å². The number of H-pyrrole nitrogens is 1. The minimum atomic E-state index is -0.286. The number of benzene rings is 2. The van der Waals surface area contributed by atoms with Gasteiger partial charge in [0, 0.05) is 41.5 Å². The summed E-state index contributed by atoms with van der Waals surface area (Å²) in [5.41, 5.74) is 2.26. The highest BCUT2D eigenvalue weighted by molar-refractivity contribution is 7.99. The van der Waals surface area contributed by atoms with E-state index in [0.717, 1.165) is 30.1 Å². The number of aromatic nitrogens is 4. The number of carbonyl (C=O) groups excluding carboxylic acids is 2. The second-order valence-electron chi connectivity index (χ2n) is 8.19. The van der Waals surface area contributed by atoms with Crippen LogP contribution in [0.15, 0.2) is 70.7 Å². The van der Waals surface area contributed by atoms with Crippen LogP contribution in [0.1, 0.15) is 33.0 Å². The van der Waals surface area contributed by atoms with Crippen LogP contribution in [0.25, 0.3) is 0 Å². The summed E-state index contributed by atoms with van der Waals surface area (Å²) in [6, 6.07) is 17.7. The van der Waals surface area contributed by atoms with Crippen molar-refractivity contribution in [3.8, 4) is 0 Å². The van der Waals surface area contributed by atoms with E-state index in [1.54, 1.807) is 47.4 Å². The number of halogens is 1. The molecule has 0 aliphatic carbocycles. The highest BCUT2D eigenvalue weighted by Gasteiger charge is 2.24. The number of nitrogens with one attached hydrogen (secondary N) is 3. The molecule has 0 unspecified atom stereocenters. The molecule has 11 heteroatoms. The van der Waals surface area contributed by atoms with Crippen molar-refractivity contribution in [3.63, 3.8) is 0 Å². The summed E-state index contributed by atoms with van der Waals surface area (Å²) < 4.78 is 0. The van der Waals surface area contributed by atoms with E-state index >= 15 is 0 Å². The Balaban J connectivity index is 1.34. The van der Waals surface area contributed by atoms with E-state index in [0.29, 0.717) is 38.8 Å². The molecule has 2 aromatic carbocycles. The molecule has 3 heterocycles. The van der Waals surface area contributed by atoms with Crippen LogP contribution in [0.4, 0.5) is 17.3 Å². The Morgan fingerprint density at radius 1 is 1.03 bits per heavy atom. The number of rotatable bonds is 7. The van der Waals surface area contributed by atoms with Crippen LogP contribution in [0.2, 0.25) is 5.02 Å². The van der Waals surface area contributed by atoms with Gasteiger partial charge in [0.05, 0.1) is 10.6 Å². The molecule has 0 saturated carbocycles. The van der Waals surface area contributed by atoms with Gasteiger partial charge in [-0.15, -0.1) is 0 Å². The molecular weight excluding hydrogens is 498 g/mol. The molecular formula is C25H22ClN7O2S. The minimum Gasteiger partial charge on any atom is -0.337 e. The average Bonchev–Trinajstić information content (AvgIpc) is 3.23. The largest absolute Gasteiger partial charge is 0.337 e. The number of amides is 2. The fourth-order valence-electron chi connectivity index (χ4n) is 3.49. The third-order valence-corrected chi connectivity index (χ3v) is 6.67. The Labute approximate surface area is 216 Å². The van der Waals surface area contributed by atoms with Gasteiger partial charge in [0.2, 0.25) is 0 Å². The molecule has 36 heavy (non-hydrogen) atoms. The van der Waals surface area contributed by atoms with Gasteiger partial charge < -0.3 is 15.5 Å². The predicted molar refractivity (Wildman–Crippen MR) is 139 cm³/mol. The number of likely N-dealkylation sites (tertiary alicyclic amines) is 1. The summed E-state index contributed by atoms with van der Waals surface area (Å²) in [5, 5.41) is 13.8. The summed E-state index contributed by atoms with van der Waals surface area (Å²) >= 11 is 7.44. The number of hydrogen-bond donors (Lipinski definition) is 3. The fraction of sp³-hybridized carbons (Fsp3) is 0.160. The van der Waals surface area contributed by atoms with Crippen LogP contribution >= 0.6 is 23.4 Å². The van der Waals surface area contributed by atoms with Crippen molar-refractivity contribution in [2.45, 2.75) is 23.4 Å². The quantitative estimate of drug-likeness (QED) is 0.289. The van der Waals surface area contributed by atoms with Crippen molar-refractivity contribution in [2.24, 2.45) is 0 Å². The van der Waals surface area contributed by atoms with E-state index in [-0.39, 0.29) is 11.8 Å². The molecule has 182 valence electrons. The zero-order chi connectivity index (χ0) is 25.1. The second kappa shape index (κ2) is 10.4. The lowest BCUT2D eigenvalue weighted by Gasteiger charge is -2.30. The molecule has 9 nitrogen and oxygen atoms in total. The molecule has 0 bridgehead atoms. The molecule has 0 atom stereocenters. The SMILES string of the molecule is Cc1cc(Nc2cc(C(=O)N3CCC3)nc(Sc3ccc(NC(=O)c4ccccc4Cl)cc3)n2)n[nH]1. The molecule has 2 amide bonds. The highest BCUT2D eigenvalue weighted by atomic mass is 35.5. The molecule has 4 aromatic rings. The molecule has 5 rings (SSSR count). The van der Waals surface area contributed by atoms with E-state index in [9.17, 15) is 9.59 Å². The molecule has 1 saturated heterocycles. The molecule has 1 aliphatic heterocycles. The van der Waals surface area contributed by atoms with Gasteiger partial charge in [0.15, 0.2) is 11.0 Å². The van der Waals surface area contributed by atoms with Crippen LogP contribution in [-0.4, -0.2) is 50.0 Å². The third kappa shape index (κ3) is 5.50. The zero-order valence-electron chi connectivity index (χ0n) is 19.3. The fourth-order valence-corrected chi connectivity index (χ4v) is 4.49. The number of anilines is 3. The number of nitrogens with zero attached hydrogens (tertiary/aromatic N) is 4. The Morgan fingerprint density at radius 3 is 2.47 bits per heavy atom. The zero-order valence-corrected chi connectivity index (χ0v) is 20.9. The molecule has 2 aromatic heterocycles. The Kier molecular flexibility index (Phi) is 6.88. The third-order valence-electron chi connectivity index (χ3n) is 5.47. The predicted octanol–water partition coefficient (Wildman–Crippen LogP) is 5.15. The molecule has 1 fully saturated rings. The Morgan fingerprint density at radius 2 is 1.81 bits per heavy atom. The van der Waals surface area contributed by atoms with E-state index < -0.39 is 0 Å². The standard InChI is InChI=1S/C25H22ClN7O2S/c1-15-13-22(32-31-15)29-21-14-20(24(35)33-11-4-12-33)28-25(30-21)36-17-9-7-16(8-10-17)27-23(34)18-5-2-3-6-19(18)26/h2-3,5-10,13-14H,4,11-12H2,1H3,(H,27,34)(H2,28,29,30,31,32). The summed E-state index contributed by atoms with van der Waals surface area (Å²) in [7, 11) is 0. The smallest absolute Gasteiger partial charge is 0.272 e. The van der Waals surface area contributed by atoms with Crippen molar-refractivity contribution in [2.75, 3.05) is 23.7 Å². The minimum absolute atomic E-state index is 0.121. The highest BCUT2D eigenvalue weighted by Crippen LogP contribution is 2.29. The lowest BCUT2D eigenvalue weighted by Crippen LogP contribution is -2.42. The van der Waals surface area contributed by atoms with Crippen LogP contribution in [0, 0.1) is 6.92 Å². The first kappa shape index (κ1) is 23.8. The van der Waals surface area contributed by atoms with Crippen molar-refractivity contribution in [1.29, 1.82) is 0 Å². The van der Waals surface area contributed by atoms with Crippen molar-refractivity contribution >= 4 is 52.5 Å². The first-order valence-corrected chi connectivity index (χ1v) is 12.5. The number of hydrogen-bond acceptors (Lipinski definition) is 7. The van der Waals surface area contributed by atoms with Crippen molar-refractivity contribution in [1.82, 2.24) is 25.1 Å². The van der Waals surface area contributed by atoms with Crippen LogP contribution < -0.4 is 10.6 Å². The second-order valence-corrected chi connectivity index (χ2v) is 9.64. The monoisotopic (exact) mass is 519 g/mol. The van der Waals surface area contributed by atoms with Crippen LogP contribution in [0.3, 0.4) is 0 Å². The lowest BCUT2D eigenvalue weighted by atomic mass is 10.2. The van der Waals surface area contributed by atoms with Gasteiger partial charge in [0.25, 0.3) is 11.8 Å². The van der Waals surface area contributed by atoms with Gasteiger partial charge in [-0.25, -0.2) is 9.97 Å². The van der Waals surface area contributed by atoms with Crippen molar-refractivity contribution < 1.29 is 9.59 Å². The number of carbonyl (C=O) groups is 2. The topological polar surface area (TPSA) is 116 Å². The molecule has 0 radical (unpaired) electrons. The van der Waals surface area contributed by atoms with Gasteiger partial charge in [-0.2, -0.15) is 5.10 Å². The average molecular weight is 520 g/mol. The lowest BCUT2D eigenvalue weighted by molar-refractivity contribution is 0.0644. The molecule has 1 aliphatic rings. The van der Waals surface area contributed by atoms with Gasteiger partial charge in [-0.05, 0) is 61.5 Å². The van der Waals surface area contributed by atoms with Crippen molar-refractivity contribution in [3.05, 3.63) is 82.6 Å². The Bertz CT molecular complexity index is 1420. The molecule has 3 N–H and O–H groups in total. The maximum atomic E-state index is 12.9. The van der Waals surface area contributed by atoms with Crippen LogP contribution in [-0.2, 0) is 0 Å². The summed E-state index contributed by atoms with van der Waals surface area (Å²) in [6.45, 7) is 3.36. The normalized spacial score (nSPS) is 12.7. The maximum absolute atomic E-state index is 12.9.